The maximum atomic E-state index is 11.0. The number of phenolic OH excluding ortho intramolecular Hbond substituents is 1. The molecule has 0 spiro atoms. The Morgan fingerprint density at radius 1 is 1.22 bits per heavy atom. The number of fused-ring (bicyclic) bond motifs is 3. The van der Waals surface area contributed by atoms with Crippen molar-refractivity contribution >= 4 is 0 Å². The number of unbranched alkanes of at least 4 members (excludes halogenated alkanes) is 2. The van der Waals surface area contributed by atoms with Gasteiger partial charge in [0.15, 0.2) is 0 Å². The molecule has 1 aromatic carbocycles. The van der Waals surface area contributed by atoms with Crippen LogP contribution in [0.4, 0.5) is 0 Å². The Morgan fingerprint density at radius 2 is 1.96 bits per heavy atom. The van der Waals surface area contributed by atoms with E-state index in [0.29, 0.717) is 29.4 Å². The highest BCUT2D eigenvalue weighted by atomic mass is 16.5. The topological polar surface area (TPSA) is 29.5 Å². The zero-order chi connectivity index (χ0) is 19.8. The molecule has 0 saturated carbocycles. The highest BCUT2D eigenvalue weighted by Gasteiger charge is 2.45. The minimum absolute atomic E-state index is 0.199. The van der Waals surface area contributed by atoms with E-state index in [1.165, 1.54) is 36.8 Å². The first kappa shape index (κ1) is 20.3. The maximum absolute atomic E-state index is 11.0. The summed E-state index contributed by atoms with van der Waals surface area (Å²) in [5.41, 5.74) is 3.49. The van der Waals surface area contributed by atoms with Crippen molar-refractivity contribution in [2.24, 2.45) is 11.8 Å². The molecule has 1 aliphatic carbocycles. The van der Waals surface area contributed by atoms with Gasteiger partial charge in [-0.15, -0.1) is 0 Å². The molecule has 150 valence electrons. The van der Waals surface area contributed by atoms with Crippen molar-refractivity contribution in [2.75, 3.05) is 0 Å². The summed E-state index contributed by atoms with van der Waals surface area (Å²) in [6.07, 6.45) is 9.52. The maximum Gasteiger partial charge on any atom is 0.127 e. The molecule has 2 heteroatoms. The predicted octanol–water partition coefficient (Wildman–Crippen LogP) is 7.32. The summed E-state index contributed by atoms with van der Waals surface area (Å²) in [6.45, 7) is 13.5. The van der Waals surface area contributed by atoms with Crippen LogP contribution in [0.15, 0.2) is 23.8 Å². The molecule has 0 saturated heterocycles. The SMILES string of the molecule is CCCCCC(C)C(C)c1cc(O)c2c(c1)OC(C)(C)[C@@H]1CC=C(C)C[C@@H]21. The van der Waals surface area contributed by atoms with E-state index >= 15 is 0 Å². The summed E-state index contributed by atoms with van der Waals surface area (Å²) >= 11 is 0. The third-order valence-electron chi connectivity index (χ3n) is 7.17. The molecule has 0 fully saturated rings. The van der Waals surface area contributed by atoms with Crippen LogP contribution in [0.25, 0.3) is 0 Å². The molecule has 3 rings (SSSR count). The van der Waals surface area contributed by atoms with Gasteiger partial charge in [0.2, 0.25) is 0 Å². The molecule has 1 N–H and O–H groups in total. The number of hydrogen-bond donors (Lipinski definition) is 1. The molecule has 27 heavy (non-hydrogen) atoms. The summed E-state index contributed by atoms with van der Waals surface area (Å²) in [4.78, 5) is 0. The van der Waals surface area contributed by atoms with Crippen molar-refractivity contribution in [3.8, 4) is 11.5 Å². The normalized spacial score (nSPS) is 25.6. The third-order valence-corrected chi connectivity index (χ3v) is 7.17. The molecule has 0 bridgehead atoms. The van der Waals surface area contributed by atoms with E-state index < -0.39 is 0 Å². The minimum atomic E-state index is -0.199. The number of phenols is 1. The van der Waals surface area contributed by atoms with Gasteiger partial charge in [-0.05, 0) is 63.1 Å². The molecule has 2 aliphatic rings. The van der Waals surface area contributed by atoms with E-state index in [1.54, 1.807) is 0 Å². The van der Waals surface area contributed by atoms with Gasteiger partial charge in [0, 0.05) is 17.4 Å². The minimum Gasteiger partial charge on any atom is -0.508 e. The average Bonchev–Trinajstić information content (AvgIpc) is 2.59. The monoisotopic (exact) mass is 370 g/mol. The van der Waals surface area contributed by atoms with Crippen molar-refractivity contribution in [3.05, 3.63) is 34.9 Å². The predicted molar refractivity (Wildman–Crippen MR) is 114 cm³/mol. The molecule has 0 aromatic heterocycles. The fraction of sp³-hybridized carbons (Fsp3) is 0.680. The Bertz CT molecular complexity index is 701. The van der Waals surface area contributed by atoms with Gasteiger partial charge in [-0.1, -0.05) is 58.1 Å². The second kappa shape index (κ2) is 7.89. The standard InChI is InChI=1S/C25H38O2/c1-7-8-9-10-17(3)18(4)19-14-22(26)24-20-13-16(2)11-12-21(20)25(5,6)27-23(24)15-19/h11,14-15,17-18,20-21,26H,7-10,12-13H2,1-6H3/t17?,18?,20-,21-/m1/s1. The van der Waals surface area contributed by atoms with Gasteiger partial charge in [-0.25, -0.2) is 0 Å². The fourth-order valence-electron chi connectivity index (χ4n) is 5.14. The van der Waals surface area contributed by atoms with Crippen LogP contribution in [-0.4, -0.2) is 10.7 Å². The Hall–Kier alpha value is -1.44. The lowest BCUT2D eigenvalue weighted by atomic mass is 9.67. The number of aromatic hydroxyl groups is 1. The third kappa shape index (κ3) is 4.05. The zero-order valence-electron chi connectivity index (χ0n) is 18.1. The molecular weight excluding hydrogens is 332 g/mol. The Morgan fingerprint density at radius 3 is 2.67 bits per heavy atom. The van der Waals surface area contributed by atoms with Gasteiger partial charge in [0.25, 0.3) is 0 Å². The molecule has 1 aromatic rings. The second-order valence-electron chi connectivity index (χ2n) is 9.62. The van der Waals surface area contributed by atoms with Crippen LogP contribution in [0.3, 0.4) is 0 Å². The molecule has 0 radical (unpaired) electrons. The lowest BCUT2D eigenvalue weighted by Gasteiger charge is -2.47. The highest BCUT2D eigenvalue weighted by Crippen LogP contribution is 2.54. The van der Waals surface area contributed by atoms with Crippen molar-refractivity contribution in [2.45, 2.75) is 97.5 Å². The van der Waals surface area contributed by atoms with Gasteiger partial charge in [0.1, 0.15) is 17.1 Å². The quantitative estimate of drug-likeness (QED) is 0.420. The van der Waals surface area contributed by atoms with Gasteiger partial charge < -0.3 is 9.84 Å². The molecule has 2 unspecified atom stereocenters. The van der Waals surface area contributed by atoms with Gasteiger partial charge in [0.05, 0.1) is 0 Å². The number of ether oxygens (including phenoxy) is 1. The Kier molecular flexibility index (Phi) is 5.93. The lowest BCUT2D eigenvalue weighted by Crippen LogP contribution is -2.45. The number of benzene rings is 1. The summed E-state index contributed by atoms with van der Waals surface area (Å²) in [7, 11) is 0. The van der Waals surface area contributed by atoms with Crippen molar-refractivity contribution in [1.82, 2.24) is 0 Å². The van der Waals surface area contributed by atoms with Gasteiger partial charge in [-0.3, -0.25) is 0 Å². The first-order chi connectivity index (χ1) is 12.7. The summed E-state index contributed by atoms with van der Waals surface area (Å²) in [5, 5.41) is 11.0. The first-order valence-electron chi connectivity index (χ1n) is 11.0. The van der Waals surface area contributed by atoms with Crippen molar-refractivity contribution < 1.29 is 9.84 Å². The van der Waals surface area contributed by atoms with Crippen LogP contribution in [0.5, 0.6) is 11.5 Å². The van der Waals surface area contributed by atoms with Crippen LogP contribution >= 0.6 is 0 Å². The van der Waals surface area contributed by atoms with E-state index in [-0.39, 0.29) is 5.60 Å². The molecule has 4 atom stereocenters. The summed E-state index contributed by atoms with van der Waals surface area (Å²) < 4.78 is 6.48. The number of rotatable bonds is 6. The highest BCUT2D eigenvalue weighted by molar-refractivity contribution is 5.53. The summed E-state index contributed by atoms with van der Waals surface area (Å²) in [5.74, 6) is 3.18. The molecule has 1 heterocycles. The molecule has 2 nitrogen and oxygen atoms in total. The average molecular weight is 371 g/mol. The van der Waals surface area contributed by atoms with Crippen LogP contribution in [0.1, 0.15) is 103 Å². The van der Waals surface area contributed by atoms with Crippen LogP contribution < -0.4 is 4.74 Å². The van der Waals surface area contributed by atoms with E-state index in [0.717, 1.165) is 24.2 Å². The number of allylic oxidation sites excluding steroid dienone is 2. The molecule has 1 aliphatic heterocycles. The largest absolute Gasteiger partial charge is 0.508 e. The van der Waals surface area contributed by atoms with E-state index in [9.17, 15) is 5.11 Å². The van der Waals surface area contributed by atoms with Crippen LogP contribution in [0, 0.1) is 11.8 Å². The van der Waals surface area contributed by atoms with Crippen molar-refractivity contribution in [1.29, 1.82) is 0 Å². The van der Waals surface area contributed by atoms with Gasteiger partial charge >= 0.3 is 0 Å². The Labute approximate surface area is 166 Å². The number of hydrogen-bond acceptors (Lipinski definition) is 2. The first-order valence-corrected chi connectivity index (χ1v) is 11.0. The zero-order valence-corrected chi connectivity index (χ0v) is 18.1. The lowest BCUT2D eigenvalue weighted by molar-refractivity contribution is 0.00747. The van der Waals surface area contributed by atoms with E-state index in [4.69, 9.17) is 4.74 Å². The Balaban J connectivity index is 1.91. The van der Waals surface area contributed by atoms with Crippen LogP contribution in [-0.2, 0) is 0 Å². The fourth-order valence-corrected chi connectivity index (χ4v) is 5.14. The van der Waals surface area contributed by atoms with E-state index in [2.05, 4.69) is 53.7 Å². The van der Waals surface area contributed by atoms with Crippen molar-refractivity contribution in [3.63, 3.8) is 0 Å². The molecular formula is C25H38O2. The molecule has 0 amide bonds. The smallest absolute Gasteiger partial charge is 0.127 e. The summed E-state index contributed by atoms with van der Waals surface area (Å²) in [6, 6.07) is 4.24. The van der Waals surface area contributed by atoms with Crippen LogP contribution in [0.2, 0.25) is 0 Å². The van der Waals surface area contributed by atoms with Gasteiger partial charge in [-0.2, -0.15) is 0 Å². The van der Waals surface area contributed by atoms with E-state index in [1.807, 2.05) is 6.07 Å². The second-order valence-corrected chi connectivity index (χ2v) is 9.62.